The predicted octanol–water partition coefficient (Wildman–Crippen LogP) is 4.36. The number of alkyl halides is 3. The molecule has 0 saturated carbocycles. The van der Waals surface area contributed by atoms with Crippen LogP contribution in [0.4, 0.5) is 13.2 Å². The molecule has 0 saturated heterocycles. The zero-order valence-electron chi connectivity index (χ0n) is 13.7. The number of carbonyl (C=O) groups is 1. The number of halogens is 3. The van der Waals surface area contributed by atoms with Gasteiger partial charge in [0.2, 0.25) is 0 Å². The molecule has 1 N–H and O–H groups in total. The summed E-state index contributed by atoms with van der Waals surface area (Å²) in [6.45, 7) is 3.76. The monoisotopic (exact) mass is 382 g/mol. The highest BCUT2D eigenvalue weighted by molar-refractivity contribution is 7.12. The molecule has 0 fully saturated rings. The van der Waals surface area contributed by atoms with Crippen LogP contribution in [-0.2, 0) is 6.18 Å². The average Bonchev–Trinajstić information content (AvgIpc) is 3.18. The Balaban J connectivity index is 2.03. The van der Waals surface area contributed by atoms with Gasteiger partial charge in [-0.05, 0) is 32.1 Å². The Morgan fingerprint density at radius 3 is 2.62 bits per heavy atom. The van der Waals surface area contributed by atoms with E-state index in [1.807, 2.05) is 13.8 Å². The molecule has 0 spiro atoms. The van der Waals surface area contributed by atoms with Gasteiger partial charge >= 0.3 is 12.1 Å². The first kappa shape index (κ1) is 18.1. The number of rotatable bonds is 4. The summed E-state index contributed by atoms with van der Waals surface area (Å²) in [4.78, 5) is 19.5. The van der Waals surface area contributed by atoms with E-state index >= 15 is 0 Å². The molecule has 3 rings (SSSR count). The normalized spacial score (nSPS) is 12.5. The van der Waals surface area contributed by atoms with Crippen LogP contribution in [0.1, 0.15) is 45.8 Å². The van der Waals surface area contributed by atoms with Gasteiger partial charge in [0.1, 0.15) is 0 Å². The SMILES string of the molecule is CC(C)n1ncc2c(C(=O)O)cc(C=Cc3cnc(C(F)(F)F)s3)nc21. The maximum atomic E-state index is 12.6. The minimum atomic E-state index is -4.49. The van der Waals surface area contributed by atoms with Crippen LogP contribution in [0.25, 0.3) is 23.2 Å². The van der Waals surface area contributed by atoms with E-state index in [0.29, 0.717) is 28.1 Å². The van der Waals surface area contributed by atoms with Gasteiger partial charge in [-0.2, -0.15) is 18.3 Å². The van der Waals surface area contributed by atoms with Crippen molar-refractivity contribution in [3.63, 3.8) is 0 Å². The van der Waals surface area contributed by atoms with Crippen LogP contribution in [0.5, 0.6) is 0 Å². The van der Waals surface area contributed by atoms with Gasteiger partial charge in [0.05, 0.1) is 22.8 Å². The lowest BCUT2D eigenvalue weighted by Gasteiger charge is -2.07. The molecule has 3 heterocycles. The van der Waals surface area contributed by atoms with Crippen LogP contribution in [0, 0.1) is 0 Å². The van der Waals surface area contributed by atoms with Crippen molar-refractivity contribution in [1.29, 1.82) is 0 Å². The van der Waals surface area contributed by atoms with Crippen LogP contribution in [0.15, 0.2) is 18.5 Å². The molecule has 0 bridgehead atoms. The van der Waals surface area contributed by atoms with E-state index in [9.17, 15) is 23.1 Å². The predicted molar refractivity (Wildman–Crippen MR) is 90.9 cm³/mol. The highest BCUT2D eigenvalue weighted by Crippen LogP contribution is 2.33. The molecule has 3 aromatic heterocycles. The number of hydrogen-bond acceptors (Lipinski definition) is 5. The molecule has 0 aliphatic rings. The lowest BCUT2D eigenvalue weighted by molar-refractivity contribution is -0.137. The van der Waals surface area contributed by atoms with Crippen molar-refractivity contribution in [1.82, 2.24) is 19.7 Å². The number of thiazole rings is 1. The van der Waals surface area contributed by atoms with E-state index in [1.54, 1.807) is 4.68 Å². The van der Waals surface area contributed by atoms with Crippen LogP contribution in [-0.4, -0.2) is 30.8 Å². The van der Waals surface area contributed by atoms with Crippen molar-refractivity contribution in [2.45, 2.75) is 26.1 Å². The number of fused-ring (bicyclic) bond motifs is 1. The maximum absolute atomic E-state index is 12.6. The molecule has 0 aliphatic carbocycles. The van der Waals surface area contributed by atoms with Crippen LogP contribution in [0.2, 0.25) is 0 Å². The number of aromatic nitrogens is 4. The largest absolute Gasteiger partial charge is 0.478 e. The minimum Gasteiger partial charge on any atom is -0.478 e. The van der Waals surface area contributed by atoms with Crippen molar-refractivity contribution >= 4 is 40.5 Å². The van der Waals surface area contributed by atoms with Gasteiger partial charge < -0.3 is 5.11 Å². The quantitative estimate of drug-likeness (QED) is 0.725. The van der Waals surface area contributed by atoms with Gasteiger partial charge in [-0.25, -0.2) is 19.4 Å². The summed E-state index contributed by atoms with van der Waals surface area (Å²) < 4.78 is 39.4. The molecule has 26 heavy (non-hydrogen) atoms. The Hall–Kier alpha value is -2.75. The Kier molecular flexibility index (Phi) is 4.53. The van der Waals surface area contributed by atoms with Gasteiger partial charge in [-0.1, -0.05) is 0 Å². The number of aromatic carboxylic acids is 1. The Morgan fingerprint density at radius 1 is 1.31 bits per heavy atom. The second-order valence-electron chi connectivity index (χ2n) is 5.72. The van der Waals surface area contributed by atoms with Crippen molar-refractivity contribution in [2.24, 2.45) is 0 Å². The van der Waals surface area contributed by atoms with Gasteiger partial charge in [0.25, 0.3) is 0 Å². The molecule has 3 aromatic rings. The molecule has 0 radical (unpaired) electrons. The van der Waals surface area contributed by atoms with Crippen molar-refractivity contribution in [3.05, 3.63) is 39.6 Å². The molecule has 0 aromatic carbocycles. The average molecular weight is 382 g/mol. The third-order valence-corrected chi connectivity index (χ3v) is 4.50. The summed E-state index contributed by atoms with van der Waals surface area (Å²) >= 11 is 0.498. The van der Waals surface area contributed by atoms with Crippen LogP contribution < -0.4 is 0 Å². The maximum Gasteiger partial charge on any atom is 0.443 e. The first-order chi connectivity index (χ1) is 12.2. The zero-order chi connectivity index (χ0) is 19.1. The number of carboxylic acid groups (broad SMARTS) is 1. The summed E-state index contributed by atoms with van der Waals surface area (Å²) in [6, 6.07) is 1.33. The third kappa shape index (κ3) is 3.45. The van der Waals surface area contributed by atoms with Gasteiger partial charge in [0.15, 0.2) is 10.7 Å². The summed E-state index contributed by atoms with van der Waals surface area (Å²) in [5, 5.41) is 13.0. The van der Waals surface area contributed by atoms with E-state index < -0.39 is 17.2 Å². The number of nitrogens with zero attached hydrogens (tertiary/aromatic N) is 4. The second kappa shape index (κ2) is 6.52. The lowest BCUT2D eigenvalue weighted by Crippen LogP contribution is -2.05. The van der Waals surface area contributed by atoms with Crippen LogP contribution >= 0.6 is 11.3 Å². The van der Waals surface area contributed by atoms with E-state index in [0.717, 1.165) is 6.20 Å². The summed E-state index contributed by atoms with van der Waals surface area (Å²) in [7, 11) is 0. The summed E-state index contributed by atoms with van der Waals surface area (Å²) in [5.74, 6) is -1.13. The lowest BCUT2D eigenvalue weighted by atomic mass is 10.1. The highest BCUT2D eigenvalue weighted by atomic mass is 32.1. The summed E-state index contributed by atoms with van der Waals surface area (Å²) in [6.07, 6.45) is 0.936. The molecule has 0 atom stereocenters. The van der Waals surface area contributed by atoms with Crippen molar-refractivity contribution < 1.29 is 23.1 Å². The molecular formula is C16H13F3N4O2S. The van der Waals surface area contributed by atoms with Crippen molar-refractivity contribution in [2.75, 3.05) is 0 Å². The highest BCUT2D eigenvalue weighted by Gasteiger charge is 2.34. The van der Waals surface area contributed by atoms with Gasteiger partial charge in [-0.15, -0.1) is 11.3 Å². The molecule has 10 heteroatoms. The Morgan fingerprint density at radius 2 is 2.04 bits per heavy atom. The number of pyridine rings is 1. The van der Waals surface area contributed by atoms with E-state index in [2.05, 4.69) is 15.1 Å². The van der Waals surface area contributed by atoms with E-state index in [-0.39, 0.29) is 16.5 Å². The van der Waals surface area contributed by atoms with Gasteiger partial charge in [0, 0.05) is 17.1 Å². The molecule has 0 unspecified atom stereocenters. The van der Waals surface area contributed by atoms with Crippen LogP contribution in [0.3, 0.4) is 0 Å². The van der Waals surface area contributed by atoms with Gasteiger partial charge in [-0.3, -0.25) is 0 Å². The summed E-state index contributed by atoms with van der Waals surface area (Å²) in [5.41, 5.74) is 0.737. The first-order valence-electron chi connectivity index (χ1n) is 7.49. The fraction of sp³-hybridized carbons (Fsp3) is 0.250. The number of carboxylic acids is 1. The third-order valence-electron chi connectivity index (χ3n) is 3.49. The van der Waals surface area contributed by atoms with E-state index in [1.165, 1.54) is 24.4 Å². The smallest absolute Gasteiger partial charge is 0.443 e. The molecular weight excluding hydrogens is 369 g/mol. The molecule has 0 aliphatic heterocycles. The second-order valence-corrected chi connectivity index (χ2v) is 6.78. The molecule has 0 amide bonds. The Labute approximate surface area is 149 Å². The number of hydrogen-bond donors (Lipinski definition) is 1. The fourth-order valence-corrected chi connectivity index (χ4v) is 3.03. The molecule has 136 valence electrons. The zero-order valence-corrected chi connectivity index (χ0v) is 14.5. The minimum absolute atomic E-state index is 0.0295. The standard InChI is InChI=1S/C16H13F3N4O2S/c1-8(2)23-13-12(7-21-23)11(14(24)25)5-9(22-13)3-4-10-6-20-15(26-10)16(17,18)19/h3-8H,1-2H3,(H,24,25). The fourth-order valence-electron chi connectivity index (χ4n) is 2.34. The van der Waals surface area contributed by atoms with E-state index in [4.69, 9.17) is 0 Å². The topological polar surface area (TPSA) is 80.9 Å². The first-order valence-corrected chi connectivity index (χ1v) is 8.31. The Bertz CT molecular complexity index is 1000. The molecule has 6 nitrogen and oxygen atoms in total. The van der Waals surface area contributed by atoms with Crippen molar-refractivity contribution in [3.8, 4) is 0 Å².